The Balaban J connectivity index is 3.47. The lowest BCUT2D eigenvalue weighted by Crippen LogP contribution is -2.45. The summed E-state index contributed by atoms with van der Waals surface area (Å²) in [6.07, 6.45) is 70.3. The van der Waals surface area contributed by atoms with Gasteiger partial charge in [0, 0.05) is 12.8 Å². The number of allylic oxidation sites excluding steroid dienone is 4. The molecule has 0 bridgehead atoms. The summed E-state index contributed by atoms with van der Waals surface area (Å²) >= 11 is 0. The van der Waals surface area contributed by atoms with Gasteiger partial charge in [-0.3, -0.25) is 9.59 Å². The third kappa shape index (κ3) is 53.7. The van der Waals surface area contributed by atoms with Gasteiger partial charge in [-0.2, -0.15) is 0 Å². The van der Waals surface area contributed by atoms with Crippen LogP contribution in [0.15, 0.2) is 24.3 Å². The van der Waals surface area contributed by atoms with E-state index in [1.54, 1.807) is 0 Å². The summed E-state index contributed by atoms with van der Waals surface area (Å²) in [5.41, 5.74) is 0. The summed E-state index contributed by atoms with van der Waals surface area (Å²) in [6, 6.07) is -0.554. The minimum Gasteiger partial charge on any atom is -0.466 e. The molecule has 0 aliphatic rings. The Morgan fingerprint density at radius 1 is 0.397 bits per heavy atom. The van der Waals surface area contributed by atoms with Crippen molar-refractivity contribution in [3.63, 3.8) is 0 Å². The molecule has 0 rings (SSSR count). The molecule has 6 nitrogen and oxygen atoms in total. The minimum absolute atomic E-state index is 0.0179. The third-order valence-corrected chi connectivity index (χ3v) is 14.2. The first-order valence-electron chi connectivity index (χ1n) is 30.6. The Bertz CT molecular complexity index is 1060. The van der Waals surface area contributed by atoms with Crippen LogP contribution in [0.4, 0.5) is 0 Å². The van der Waals surface area contributed by atoms with Crippen molar-refractivity contribution in [2.75, 3.05) is 13.2 Å². The van der Waals surface area contributed by atoms with Gasteiger partial charge in [0.15, 0.2) is 0 Å². The minimum atomic E-state index is -0.675. The second-order valence-electron chi connectivity index (χ2n) is 21.0. The van der Waals surface area contributed by atoms with Crippen LogP contribution in [-0.2, 0) is 14.3 Å². The number of amides is 1. The molecule has 0 aromatic heterocycles. The van der Waals surface area contributed by atoms with E-state index >= 15 is 0 Å². The van der Waals surface area contributed by atoms with Crippen molar-refractivity contribution in [1.29, 1.82) is 0 Å². The number of aliphatic hydroxyl groups is 2. The molecule has 0 heterocycles. The van der Waals surface area contributed by atoms with E-state index in [1.165, 1.54) is 231 Å². The predicted octanol–water partition coefficient (Wildman–Crippen LogP) is 19.0. The van der Waals surface area contributed by atoms with E-state index in [4.69, 9.17) is 4.74 Å². The van der Waals surface area contributed by atoms with E-state index in [9.17, 15) is 19.8 Å². The monoisotopic (exact) mass is 958 g/mol. The maximum Gasteiger partial charge on any atom is 0.305 e. The van der Waals surface area contributed by atoms with Gasteiger partial charge in [0.1, 0.15) is 0 Å². The Labute approximate surface area is 424 Å². The summed E-state index contributed by atoms with van der Waals surface area (Å²) in [5.74, 6) is -0.0652. The molecule has 402 valence electrons. The fourth-order valence-corrected chi connectivity index (χ4v) is 9.51. The number of nitrogens with one attached hydrogen (secondary N) is 1. The molecule has 0 radical (unpaired) electrons. The molecule has 0 aliphatic carbocycles. The lowest BCUT2D eigenvalue weighted by atomic mass is 10.0. The van der Waals surface area contributed by atoms with Crippen LogP contribution in [-0.4, -0.2) is 47.4 Å². The molecule has 0 saturated carbocycles. The molecule has 0 fully saturated rings. The number of hydrogen-bond donors (Lipinski definition) is 3. The highest BCUT2D eigenvalue weighted by atomic mass is 16.5. The molecule has 0 aromatic carbocycles. The molecule has 0 aliphatic heterocycles. The fraction of sp³-hybridized carbons (Fsp3) is 0.903. The maximum atomic E-state index is 12.5. The van der Waals surface area contributed by atoms with E-state index in [0.717, 1.165) is 70.6 Å². The molecular formula is C62H119NO5. The van der Waals surface area contributed by atoms with Crippen molar-refractivity contribution >= 4 is 11.9 Å². The van der Waals surface area contributed by atoms with Gasteiger partial charge in [0.2, 0.25) is 5.91 Å². The lowest BCUT2D eigenvalue weighted by molar-refractivity contribution is -0.143. The third-order valence-electron chi connectivity index (χ3n) is 14.2. The van der Waals surface area contributed by atoms with Gasteiger partial charge in [0.05, 0.1) is 25.4 Å². The van der Waals surface area contributed by atoms with Crippen LogP contribution in [0, 0.1) is 0 Å². The highest BCUT2D eigenvalue weighted by Gasteiger charge is 2.20. The van der Waals surface area contributed by atoms with Gasteiger partial charge < -0.3 is 20.3 Å². The summed E-state index contributed by atoms with van der Waals surface area (Å²) in [7, 11) is 0. The van der Waals surface area contributed by atoms with Crippen molar-refractivity contribution in [2.24, 2.45) is 0 Å². The second-order valence-corrected chi connectivity index (χ2v) is 21.0. The Kier molecular flexibility index (Phi) is 56.5. The molecule has 2 atom stereocenters. The maximum absolute atomic E-state index is 12.5. The average molecular weight is 959 g/mol. The molecule has 6 heteroatoms. The van der Waals surface area contributed by atoms with Crippen LogP contribution in [0.25, 0.3) is 0 Å². The first-order chi connectivity index (χ1) is 33.5. The quantitative estimate of drug-likeness (QED) is 0.0321. The van der Waals surface area contributed by atoms with Gasteiger partial charge >= 0.3 is 5.97 Å². The van der Waals surface area contributed by atoms with Crippen LogP contribution < -0.4 is 5.32 Å². The molecule has 68 heavy (non-hydrogen) atoms. The number of hydrogen-bond acceptors (Lipinski definition) is 5. The Morgan fingerprint density at radius 3 is 1.04 bits per heavy atom. The average Bonchev–Trinajstić information content (AvgIpc) is 3.34. The first-order valence-corrected chi connectivity index (χ1v) is 30.6. The van der Waals surface area contributed by atoms with Crippen LogP contribution in [0.5, 0.6) is 0 Å². The molecule has 0 aromatic rings. The summed E-state index contributed by atoms with van der Waals surface area (Å²) in [5, 5.41) is 23.4. The van der Waals surface area contributed by atoms with E-state index in [2.05, 4.69) is 43.5 Å². The molecular weight excluding hydrogens is 839 g/mol. The largest absolute Gasteiger partial charge is 0.466 e. The topological polar surface area (TPSA) is 95.9 Å². The molecule has 0 saturated heterocycles. The zero-order chi connectivity index (χ0) is 49.3. The van der Waals surface area contributed by atoms with Gasteiger partial charge in [0.25, 0.3) is 0 Å². The van der Waals surface area contributed by atoms with Gasteiger partial charge in [-0.05, 0) is 77.0 Å². The van der Waals surface area contributed by atoms with E-state index in [1.807, 2.05) is 0 Å². The number of unbranched alkanes of at least 4 members (excludes halogenated alkanes) is 42. The van der Waals surface area contributed by atoms with Crippen molar-refractivity contribution in [3.8, 4) is 0 Å². The molecule has 2 unspecified atom stereocenters. The van der Waals surface area contributed by atoms with Crippen molar-refractivity contribution in [2.45, 2.75) is 347 Å². The number of esters is 1. The summed E-state index contributed by atoms with van der Waals surface area (Å²) in [4.78, 5) is 24.5. The highest BCUT2D eigenvalue weighted by Crippen LogP contribution is 2.17. The first kappa shape index (κ1) is 66.3. The standard InChI is InChI=1S/C62H119NO5/c1-3-5-7-9-11-13-15-17-19-20-21-22-23-24-25-27-30-34-38-42-46-50-54-60(65)59(58-64)63-61(66)55-51-47-43-39-35-31-28-26-29-33-37-41-45-49-53-57-68-62(67)56-52-48-44-40-36-32-18-16-14-12-10-8-6-4-2/h16,18,29,33,59-60,64-65H,3-15,17,19-28,30-32,34-58H2,1-2H3,(H,63,66)/b18-16-,33-29-. The van der Waals surface area contributed by atoms with E-state index in [0.29, 0.717) is 25.9 Å². The SMILES string of the molecule is CCCCCCC/C=C\CCCCCCCC(=O)OCCCCCC/C=C\CCCCCCCCCC(=O)NC(CO)C(O)CCCCCCCCCCCCCCCCCCCCCCCC. The van der Waals surface area contributed by atoms with Crippen LogP contribution in [0.3, 0.4) is 0 Å². The second kappa shape index (κ2) is 57.9. The molecule has 0 spiro atoms. The van der Waals surface area contributed by atoms with Crippen molar-refractivity contribution in [1.82, 2.24) is 5.32 Å². The van der Waals surface area contributed by atoms with Gasteiger partial charge in [-0.15, -0.1) is 0 Å². The highest BCUT2D eigenvalue weighted by molar-refractivity contribution is 5.76. The number of ether oxygens (including phenoxy) is 1. The number of aliphatic hydroxyl groups excluding tert-OH is 2. The lowest BCUT2D eigenvalue weighted by Gasteiger charge is -2.22. The zero-order valence-corrected chi connectivity index (χ0v) is 45.9. The van der Waals surface area contributed by atoms with E-state index in [-0.39, 0.29) is 18.5 Å². The predicted molar refractivity (Wildman–Crippen MR) is 296 cm³/mol. The fourth-order valence-electron chi connectivity index (χ4n) is 9.51. The van der Waals surface area contributed by atoms with Crippen LogP contribution in [0.1, 0.15) is 335 Å². The number of rotatable bonds is 57. The smallest absolute Gasteiger partial charge is 0.305 e. The Hall–Kier alpha value is -1.66. The number of carbonyl (C=O) groups excluding carboxylic acids is 2. The molecule has 3 N–H and O–H groups in total. The van der Waals surface area contributed by atoms with Gasteiger partial charge in [-0.1, -0.05) is 269 Å². The van der Waals surface area contributed by atoms with Crippen molar-refractivity contribution < 1.29 is 24.5 Å². The van der Waals surface area contributed by atoms with Crippen LogP contribution in [0.2, 0.25) is 0 Å². The Morgan fingerprint density at radius 2 is 0.691 bits per heavy atom. The summed E-state index contributed by atoms with van der Waals surface area (Å²) < 4.78 is 5.46. The summed E-state index contributed by atoms with van der Waals surface area (Å²) in [6.45, 7) is 4.93. The molecule has 1 amide bonds. The zero-order valence-electron chi connectivity index (χ0n) is 45.9. The van der Waals surface area contributed by atoms with Crippen molar-refractivity contribution in [3.05, 3.63) is 24.3 Å². The van der Waals surface area contributed by atoms with Crippen LogP contribution >= 0.6 is 0 Å². The normalized spacial score (nSPS) is 12.7. The van der Waals surface area contributed by atoms with E-state index < -0.39 is 12.1 Å². The van der Waals surface area contributed by atoms with Gasteiger partial charge in [-0.25, -0.2) is 0 Å². The number of carbonyl (C=O) groups is 2.